The monoisotopic (exact) mass is 279 g/mol. The zero-order chi connectivity index (χ0) is 11.5. The molecule has 1 N–H and O–H groups in total. The maximum absolute atomic E-state index is 11.5. The number of carbonyl (C=O) groups is 1. The molecular weight excluding hydrogens is 270 g/mol. The molecule has 0 aliphatic carbocycles. The minimum atomic E-state index is -0.0384. The molecule has 0 bridgehead atoms. The van der Waals surface area contributed by atoms with Gasteiger partial charge in [-0.3, -0.25) is 4.79 Å². The van der Waals surface area contributed by atoms with Crippen molar-refractivity contribution in [3.63, 3.8) is 0 Å². The van der Waals surface area contributed by atoms with Gasteiger partial charge in [0.1, 0.15) is 0 Å². The summed E-state index contributed by atoms with van der Waals surface area (Å²) in [6.07, 6.45) is 0.419. The van der Waals surface area contributed by atoms with Crippen LogP contribution in [0.1, 0.15) is 6.42 Å². The molecule has 1 aliphatic rings. The van der Waals surface area contributed by atoms with Gasteiger partial charge >= 0.3 is 0 Å². The second kappa shape index (κ2) is 4.54. The molecule has 4 nitrogen and oxygen atoms in total. The van der Waals surface area contributed by atoms with E-state index in [0.29, 0.717) is 19.5 Å². The first-order chi connectivity index (χ1) is 7.70. The van der Waals surface area contributed by atoms with Gasteiger partial charge in [0, 0.05) is 11.0 Å². The normalized spacial score (nSPS) is 14.0. The van der Waals surface area contributed by atoms with Crippen molar-refractivity contribution >= 4 is 33.2 Å². The van der Waals surface area contributed by atoms with Crippen LogP contribution in [0.3, 0.4) is 0 Å². The van der Waals surface area contributed by atoms with Gasteiger partial charge in [-0.05, 0) is 18.2 Å². The Hall–Kier alpha value is -1.54. The van der Waals surface area contributed by atoms with E-state index in [1.807, 2.05) is 23.1 Å². The van der Waals surface area contributed by atoms with Gasteiger partial charge in [0.05, 0.1) is 30.4 Å². The molecule has 1 aliphatic heterocycles. The van der Waals surface area contributed by atoms with E-state index >= 15 is 0 Å². The van der Waals surface area contributed by atoms with E-state index in [0.717, 1.165) is 15.8 Å². The lowest BCUT2D eigenvalue weighted by atomic mass is 10.2. The number of nitrogens with zero attached hydrogens (tertiary/aromatic N) is 2. The molecule has 0 atom stereocenters. The van der Waals surface area contributed by atoms with E-state index in [-0.39, 0.29) is 5.91 Å². The average Bonchev–Trinajstić information content (AvgIpc) is 2.25. The molecule has 0 unspecified atom stereocenters. The van der Waals surface area contributed by atoms with Crippen LogP contribution in [0.15, 0.2) is 22.7 Å². The van der Waals surface area contributed by atoms with E-state index in [1.165, 1.54) is 0 Å². The summed E-state index contributed by atoms with van der Waals surface area (Å²) in [5.41, 5.74) is 1.77. The molecule has 0 fully saturated rings. The SMILES string of the molecule is N#CCCN1CC(=O)Nc2cc(Br)ccc21. The summed E-state index contributed by atoms with van der Waals surface area (Å²) in [6.45, 7) is 0.898. The zero-order valence-corrected chi connectivity index (χ0v) is 10.1. The highest BCUT2D eigenvalue weighted by Crippen LogP contribution is 2.31. The Kier molecular flexibility index (Phi) is 3.11. The van der Waals surface area contributed by atoms with Crippen molar-refractivity contribution < 1.29 is 4.79 Å². The Morgan fingerprint density at radius 1 is 1.56 bits per heavy atom. The van der Waals surface area contributed by atoms with E-state index in [4.69, 9.17) is 5.26 Å². The lowest BCUT2D eigenvalue weighted by Crippen LogP contribution is -2.38. The Balaban J connectivity index is 2.31. The van der Waals surface area contributed by atoms with Gasteiger partial charge in [0.25, 0.3) is 0 Å². The predicted molar refractivity (Wildman–Crippen MR) is 65.2 cm³/mol. The van der Waals surface area contributed by atoms with Crippen LogP contribution in [0, 0.1) is 11.3 Å². The highest BCUT2D eigenvalue weighted by Gasteiger charge is 2.21. The molecule has 0 saturated heterocycles. The van der Waals surface area contributed by atoms with Crippen molar-refractivity contribution in [2.24, 2.45) is 0 Å². The highest BCUT2D eigenvalue weighted by atomic mass is 79.9. The van der Waals surface area contributed by atoms with Crippen molar-refractivity contribution in [1.82, 2.24) is 0 Å². The van der Waals surface area contributed by atoms with Crippen molar-refractivity contribution in [3.05, 3.63) is 22.7 Å². The summed E-state index contributed by atoms with van der Waals surface area (Å²) in [5.74, 6) is -0.0384. The fourth-order valence-corrected chi connectivity index (χ4v) is 2.08. The fourth-order valence-electron chi connectivity index (χ4n) is 1.72. The average molecular weight is 280 g/mol. The Morgan fingerprint density at radius 2 is 2.38 bits per heavy atom. The third kappa shape index (κ3) is 2.17. The fraction of sp³-hybridized carbons (Fsp3) is 0.273. The van der Waals surface area contributed by atoms with Gasteiger partial charge in [-0.25, -0.2) is 0 Å². The van der Waals surface area contributed by atoms with Crippen LogP contribution in [-0.2, 0) is 4.79 Å². The minimum absolute atomic E-state index is 0.0384. The molecule has 5 heteroatoms. The number of halogens is 1. The lowest BCUT2D eigenvalue weighted by molar-refractivity contribution is -0.115. The molecule has 16 heavy (non-hydrogen) atoms. The number of carbonyl (C=O) groups excluding carboxylic acids is 1. The van der Waals surface area contributed by atoms with Gasteiger partial charge < -0.3 is 10.2 Å². The third-order valence-electron chi connectivity index (χ3n) is 2.40. The number of fused-ring (bicyclic) bond motifs is 1. The first-order valence-corrected chi connectivity index (χ1v) is 5.71. The number of benzene rings is 1. The smallest absolute Gasteiger partial charge is 0.243 e. The van der Waals surface area contributed by atoms with Gasteiger partial charge in [0.2, 0.25) is 5.91 Å². The van der Waals surface area contributed by atoms with E-state index in [9.17, 15) is 4.79 Å². The standard InChI is InChI=1S/C11H10BrN3O/c12-8-2-3-10-9(6-8)14-11(16)7-15(10)5-1-4-13/h2-3,6H,1,5,7H2,(H,14,16). The van der Waals surface area contributed by atoms with Crippen molar-refractivity contribution in [3.8, 4) is 6.07 Å². The molecule has 1 aromatic carbocycles. The molecular formula is C11H10BrN3O. The van der Waals surface area contributed by atoms with Crippen LogP contribution in [0.5, 0.6) is 0 Å². The number of hydrogen-bond acceptors (Lipinski definition) is 3. The van der Waals surface area contributed by atoms with Crippen LogP contribution in [0.2, 0.25) is 0 Å². The van der Waals surface area contributed by atoms with Gasteiger partial charge in [-0.15, -0.1) is 0 Å². The molecule has 0 aromatic heterocycles. The number of rotatable bonds is 2. The Labute approximate surface area is 102 Å². The van der Waals surface area contributed by atoms with E-state index in [2.05, 4.69) is 27.3 Å². The maximum Gasteiger partial charge on any atom is 0.243 e. The Morgan fingerprint density at radius 3 is 3.12 bits per heavy atom. The topological polar surface area (TPSA) is 56.1 Å². The molecule has 1 aromatic rings. The number of amides is 1. The quantitative estimate of drug-likeness (QED) is 0.902. The Bertz CT molecular complexity index is 467. The number of anilines is 2. The highest BCUT2D eigenvalue weighted by molar-refractivity contribution is 9.10. The summed E-state index contributed by atoms with van der Waals surface area (Å²) in [7, 11) is 0. The van der Waals surface area contributed by atoms with Crippen molar-refractivity contribution in [1.29, 1.82) is 5.26 Å². The first-order valence-electron chi connectivity index (χ1n) is 4.92. The molecule has 0 saturated carbocycles. The summed E-state index contributed by atoms with van der Waals surface area (Å²) >= 11 is 3.36. The predicted octanol–water partition coefficient (Wildman–Crippen LogP) is 2.12. The van der Waals surface area contributed by atoms with Gasteiger partial charge in [0.15, 0.2) is 0 Å². The largest absolute Gasteiger partial charge is 0.359 e. The minimum Gasteiger partial charge on any atom is -0.359 e. The zero-order valence-electron chi connectivity index (χ0n) is 8.53. The second-order valence-corrected chi connectivity index (χ2v) is 4.45. The summed E-state index contributed by atoms with van der Waals surface area (Å²) in [6, 6.07) is 7.82. The number of nitriles is 1. The van der Waals surface area contributed by atoms with Crippen LogP contribution < -0.4 is 10.2 Å². The van der Waals surface area contributed by atoms with Crippen LogP contribution >= 0.6 is 15.9 Å². The van der Waals surface area contributed by atoms with Crippen LogP contribution in [-0.4, -0.2) is 19.0 Å². The molecule has 0 spiro atoms. The molecule has 2 rings (SSSR count). The van der Waals surface area contributed by atoms with Gasteiger partial charge in [-0.2, -0.15) is 5.26 Å². The lowest BCUT2D eigenvalue weighted by Gasteiger charge is -2.30. The number of nitrogens with one attached hydrogen (secondary N) is 1. The molecule has 0 radical (unpaired) electrons. The first kappa shape index (κ1) is 11.0. The van der Waals surface area contributed by atoms with Crippen molar-refractivity contribution in [2.75, 3.05) is 23.3 Å². The summed E-state index contributed by atoms with van der Waals surface area (Å²) < 4.78 is 0.925. The van der Waals surface area contributed by atoms with Crippen LogP contribution in [0.4, 0.5) is 11.4 Å². The van der Waals surface area contributed by atoms with Gasteiger partial charge in [-0.1, -0.05) is 15.9 Å². The molecule has 1 heterocycles. The van der Waals surface area contributed by atoms with E-state index < -0.39 is 0 Å². The summed E-state index contributed by atoms with van der Waals surface area (Å²) in [5, 5.41) is 11.4. The van der Waals surface area contributed by atoms with E-state index in [1.54, 1.807) is 0 Å². The maximum atomic E-state index is 11.5. The molecule has 1 amide bonds. The summed E-state index contributed by atoms with van der Waals surface area (Å²) in [4.78, 5) is 13.4. The molecule has 82 valence electrons. The van der Waals surface area contributed by atoms with Crippen LogP contribution in [0.25, 0.3) is 0 Å². The number of hydrogen-bond donors (Lipinski definition) is 1. The third-order valence-corrected chi connectivity index (χ3v) is 2.89. The second-order valence-electron chi connectivity index (χ2n) is 3.54. The van der Waals surface area contributed by atoms with Crippen molar-refractivity contribution in [2.45, 2.75) is 6.42 Å².